The van der Waals surface area contributed by atoms with Crippen molar-refractivity contribution in [3.8, 4) is 136 Å². The van der Waals surface area contributed by atoms with E-state index in [1.807, 2.05) is 123 Å². The molecule has 6 heterocycles. The summed E-state index contributed by atoms with van der Waals surface area (Å²) in [5.74, 6) is 27.5. The average molecular weight is 1850 g/mol. The Hall–Kier alpha value is -17.8. The fourth-order valence-corrected chi connectivity index (χ4v) is 20.0. The summed E-state index contributed by atoms with van der Waals surface area (Å²) >= 11 is 0. The second kappa shape index (κ2) is 45.4. The van der Waals surface area contributed by atoms with E-state index in [0.717, 1.165) is 147 Å². The average Bonchev–Trinajstić information content (AvgIpc) is 0.767. The quantitative estimate of drug-likeness (QED) is 0.141. The Bertz CT molecular complexity index is 7550. The first-order valence-electron chi connectivity index (χ1n) is 50.2. The molecule has 36 rings (SSSR count). The number of benzene rings is 14. The molecule has 16 aliphatic carbocycles. The van der Waals surface area contributed by atoms with Crippen LogP contribution < -0.4 is 0 Å². The van der Waals surface area contributed by atoms with E-state index in [2.05, 4.69) is 405 Å². The van der Waals surface area contributed by atoms with Crippen molar-refractivity contribution in [1.29, 1.82) is 0 Å². The maximum Gasteiger partial charge on any atom is 0.0283 e. The lowest BCUT2D eigenvalue weighted by Crippen LogP contribution is -2.06. The first-order chi connectivity index (χ1) is 71.3. The van der Waals surface area contributed by atoms with Crippen molar-refractivity contribution in [2.45, 2.75) is 103 Å². The predicted molar refractivity (Wildman–Crippen MR) is 591 cm³/mol. The molecule has 0 spiro atoms. The van der Waals surface area contributed by atoms with Gasteiger partial charge in [-0.05, 0) is 426 Å². The van der Waals surface area contributed by atoms with Gasteiger partial charge in [-0.1, -0.05) is 278 Å². The summed E-state index contributed by atoms with van der Waals surface area (Å²) < 4.78 is 0. The highest BCUT2D eigenvalue weighted by molar-refractivity contribution is 5.81. The Labute approximate surface area is 847 Å². The molecule has 6 heteroatoms. The molecule has 20 aromatic rings. The summed E-state index contributed by atoms with van der Waals surface area (Å²) in [6.45, 7) is 0. The second-order valence-corrected chi connectivity index (χ2v) is 37.3. The standard InChI is InChI=1S/C44H32.C36H28N4.C32H24.C26H22N2/c1-3-7-37(8-4-1)39-21-11-33(12-22-39)15-29-43-31-35-17-25-41(43)27-19-36-18-26-42(28-20-35)44(32-36)30-16-34-13-23-40(24-14-34)38-9-5-2-6-10-38;1-2-30-22-36(28-11-19-40-20-12-28)32(24-35(30)27-9-17-39-18-10-27)4-3-31-23-33(25-5-13-37-14-6-25)29(1)21-34(31)26-7-15-38-16-8-26;1-3-7-25(8-4-1)11-21-31-23-27-13-17-29(31)19-15-28-14-18-30(20-16-27)32(24-28)22-12-26-9-5-2-6-10-26;1-5-21-8-4-20-2-6-22(26(18-20)24-11-15-28-16-12-24)7-3-19(1)17-25(21)23-9-13-27-14-10-23/h1-14,17-18,21-26,31-32H,19-20,27-28H2;5-24H,1-4H2;1-10,13-14,17-18,23-24H,15-16,19-20H2;1-2,5-6,9-18H,3-4,7-8H2. The van der Waals surface area contributed by atoms with Gasteiger partial charge in [0.15, 0.2) is 0 Å². The van der Waals surface area contributed by atoms with E-state index in [4.69, 9.17) is 0 Å². The van der Waals surface area contributed by atoms with E-state index in [0.29, 0.717) is 0 Å². The SMILES string of the molecule is C(#Cc1cc2ccc1CCc1ccc(c(C#Cc3ccc(-c4ccccc4)cc3)c1)CC2)c1ccc(-c2ccccc2)cc1.C(#Cc1cc2ccc1CCc1ccc(c(C#Cc3ccccc3)c1)CC2)c1ccccc1.c1cc(-c2cc3c(-c4ccncc4)cc2CCc2cc(-c4ccncc4)c(cc2-c2ccncc2)CC3)ccn1.c1cc(-c2cc3ccc2CCc2ccc(c(-c4ccncc4)c2)CC3)ccn1. The van der Waals surface area contributed by atoms with Crippen LogP contribution in [0.4, 0.5) is 0 Å². The fraction of sp³-hybridized carbons (Fsp3) is 0.116. The lowest BCUT2D eigenvalue weighted by atomic mass is 9.82. The van der Waals surface area contributed by atoms with E-state index >= 15 is 0 Å². The molecule has 6 nitrogen and oxygen atoms in total. The number of pyridine rings is 6. The number of aryl methyl sites for hydroxylation is 16. The Morgan fingerprint density at radius 2 is 0.312 bits per heavy atom. The molecule has 0 amide bonds. The van der Waals surface area contributed by atoms with Gasteiger partial charge in [0, 0.05) is 119 Å². The van der Waals surface area contributed by atoms with Gasteiger partial charge in [-0.25, -0.2) is 0 Å². The van der Waals surface area contributed by atoms with E-state index < -0.39 is 0 Å². The zero-order valence-corrected chi connectivity index (χ0v) is 80.7. The van der Waals surface area contributed by atoms with E-state index in [1.165, 1.54) is 178 Å². The minimum atomic E-state index is 0.920. The Kier molecular flexibility index (Phi) is 29.2. The number of nitrogens with zero attached hydrogens (tertiary/aromatic N) is 6. The highest BCUT2D eigenvalue weighted by Crippen LogP contribution is 2.41. The maximum atomic E-state index is 4.28. The van der Waals surface area contributed by atoms with Gasteiger partial charge in [0.05, 0.1) is 0 Å². The van der Waals surface area contributed by atoms with Crippen LogP contribution in [0.3, 0.4) is 0 Å². The zero-order chi connectivity index (χ0) is 96.6. The van der Waals surface area contributed by atoms with Gasteiger partial charge in [0.1, 0.15) is 0 Å². The Morgan fingerprint density at radius 1 is 0.125 bits per heavy atom. The smallest absolute Gasteiger partial charge is 0.0283 e. The van der Waals surface area contributed by atoms with E-state index in [9.17, 15) is 0 Å². The van der Waals surface area contributed by atoms with Gasteiger partial charge in [-0.15, -0.1) is 0 Å². The van der Waals surface area contributed by atoms with Crippen LogP contribution in [0.2, 0.25) is 0 Å². The molecule has 6 aromatic heterocycles. The van der Waals surface area contributed by atoms with Crippen LogP contribution in [0.25, 0.3) is 89.0 Å². The van der Waals surface area contributed by atoms with Crippen molar-refractivity contribution in [2.24, 2.45) is 0 Å². The topological polar surface area (TPSA) is 77.3 Å². The first kappa shape index (κ1) is 92.6. The van der Waals surface area contributed by atoms with Crippen LogP contribution in [-0.4, -0.2) is 29.9 Å². The normalized spacial score (nSPS) is 12.3. The number of hydrogen-bond acceptors (Lipinski definition) is 6. The summed E-state index contributed by atoms with van der Waals surface area (Å²) in [5, 5.41) is 0. The predicted octanol–water partition coefficient (Wildman–Crippen LogP) is 29.6. The fourth-order valence-electron chi connectivity index (χ4n) is 20.0. The molecular weight excluding hydrogens is 1740 g/mol. The molecule has 144 heavy (non-hydrogen) atoms. The van der Waals surface area contributed by atoms with Crippen molar-refractivity contribution >= 4 is 0 Å². The van der Waals surface area contributed by atoms with Crippen LogP contribution in [0.5, 0.6) is 0 Å². The Balaban J connectivity index is 0.000000115. The van der Waals surface area contributed by atoms with Crippen molar-refractivity contribution in [1.82, 2.24) is 29.9 Å². The molecule has 16 aliphatic rings. The van der Waals surface area contributed by atoms with Gasteiger partial charge in [-0.3, -0.25) is 29.9 Å². The van der Waals surface area contributed by atoms with E-state index in [1.54, 1.807) is 0 Å². The van der Waals surface area contributed by atoms with Crippen molar-refractivity contribution in [3.63, 3.8) is 0 Å². The lowest BCUT2D eigenvalue weighted by molar-refractivity contribution is 0.916. The molecule has 0 fully saturated rings. The summed E-state index contributed by atoms with van der Waals surface area (Å²) in [5.41, 5.74) is 50.4. The van der Waals surface area contributed by atoms with Crippen LogP contribution in [0.1, 0.15) is 134 Å². The molecule has 14 aromatic carbocycles. The monoisotopic (exact) mass is 1850 g/mol. The van der Waals surface area contributed by atoms with Crippen LogP contribution in [-0.2, 0) is 103 Å². The molecular formula is C138H106N6. The van der Waals surface area contributed by atoms with Gasteiger partial charge in [0.25, 0.3) is 0 Å². The van der Waals surface area contributed by atoms with Crippen molar-refractivity contribution in [3.05, 3.63) is 584 Å². The number of aromatic nitrogens is 6. The molecule has 688 valence electrons. The molecule has 0 N–H and O–H groups in total. The third kappa shape index (κ3) is 23.3. The zero-order valence-electron chi connectivity index (χ0n) is 80.7. The van der Waals surface area contributed by atoms with Crippen molar-refractivity contribution < 1.29 is 0 Å². The summed E-state index contributed by atoms with van der Waals surface area (Å²) in [4.78, 5) is 25.5. The molecule has 0 radical (unpaired) electrons. The van der Waals surface area contributed by atoms with Crippen LogP contribution in [0, 0.1) is 47.4 Å². The van der Waals surface area contributed by atoms with Crippen LogP contribution >= 0.6 is 0 Å². The number of hydrogen-bond donors (Lipinski definition) is 0. The second-order valence-electron chi connectivity index (χ2n) is 37.3. The Morgan fingerprint density at radius 3 is 0.556 bits per heavy atom. The minimum Gasteiger partial charge on any atom is -0.265 e. The highest BCUT2D eigenvalue weighted by atomic mass is 14.6. The molecule has 0 saturated carbocycles. The minimum absolute atomic E-state index is 0.920. The summed E-state index contributed by atoms with van der Waals surface area (Å²) in [6.07, 6.45) is 38.2. The lowest BCUT2D eigenvalue weighted by Gasteiger charge is -2.22. The first-order valence-corrected chi connectivity index (χ1v) is 50.2. The number of rotatable bonds is 8. The highest BCUT2D eigenvalue weighted by Gasteiger charge is 2.23. The van der Waals surface area contributed by atoms with Gasteiger partial charge in [-0.2, -0.15) is 0 Å². The molecule has 0 atom stereocenters. The van der Waals surface area contributed by atoms with Crippen molar-refractivity contribution in [2.75, 3.05) is 0 Å². The molecule has 0 aliphatic heterocycles. The van der Waals surface area contributed by atoms with Gasteiger partial charge < -0.3 is 0 Å². The molecule has 0 unspecified atom stereocenters. The maximum absolute atomic E-state index is 4.28. The van der Waals surface area contributed by atoms with Gasteiger partial charge in [0.2, 0.25) is 0 Å². The molecule has 0 saturated heterocycles. The van der Waals surface area contributed by atoms with Crippen LogP contribution in [0.15, 0.2) is 450 Å². The third-order valence-corrected chi connectivity index (χ3v) is 28.0. The summed E-state index contributed by atoms with van der Waals surface area (Å²) in [7, 11) is 0. The van der Waals surface area contributed by atoms with E-state index in [-0.39, 0.29) is 0 Å². The third-order valence-electron chi connectivity index (χ3n) is 28.0. The largest absolute Gasteiger partial charge is 0.265 e. The molecule has 16 bridgehead atoms. The van der Waals surface area contributed by atoms with Gasteiger partial charge >= 0.3 is 0 Å². The summed E-state index contributed by atoms with van der Waals surface area (Å²) in [6, 6.07) is 135.